The standard InChI is InChI=1S/C7H6N6/c1-5-2-3-6-9-7(10-12-8)11-13(6)4-5/h2-4H,1H3. The molecule has 0 radical (unpaired) electrons. The third-order valence-electron chi connectivity index (χ3n) is 1.60. The Balaban J connectivity index is 2.68. The number of aromatic nitrogens is 3. The van der Waals surface area contributed by atoms with Gasteiger partial charge in [-0.15, -0.1) is 5.10 Å². The van der Waals surface area contributed by atoms with E-state index in [2.05, 4.69) is 20.1 Å². The van der Waals surface area contributed by atoms with Gasteiger partial charge in [-0.1, -0.05) is 6.07 Å². The molecule has 2 aromatic rings. The SMILES string of the molecule is Cc1ccc2nc(N=[N+]=[N-])nn2c1. The van der Waals surface area contributed by atoms with Gasteiger partial charge in [0.1, 0.15) is 0 Å². The van der Waals surface area contributed by atoms with E-state index >= 15 is 0 Å². The van der Waals surface area contributed by atoms with Gasteiger partial charge in [0.05, 0.1) is 0 Å². The van der Waals surface area contributed by atoms with Gasteiger partial charge in [0.25, 0.3) is 0 Å². The van der Waals surface area contributed by atoms with Crippen molar-refractivity contribution in [3.8, 4) is 0 Å². The number of hydrogen-bond donors (Lipinski definition) is 0. The maximum absolute atomic E-state index is 8.17. The van der Waals surface area contributed by atoms with Crippen LogP contribution < -0.4 is 0 Å². The second kappa shape index (κ2) is 2.76. The van der Waals surface area contributed by atoms with E-state index in [4.69, 9.17) is 5.53 Å². The van der Waals surface area contributed by atoms with Crippen molar-refractivity contribution in [2.24, 2.45) is 5.11 Å². The van der Waals surface area contributed by atoms with Crippen LogP contribution in [0.5, 0.6) is 0 Å². The van der Waals surface area contributed by atoms with Crippen LogP contribution in [-0.2, 0) is 0 Å². The fourth-order valence-corrected chi connectivity index (χ4v) is 1.06. The zero-order valence-electron chi connectivity index (χ0n) is 6.92. The third-order valence-corrected chi connectivity index (χ3v) is 1.60. The van der Waals surface area contributed by atoms with E-state index in [9.17, 15) is 0 Å². The van der Waals surface area contributed by atoms with Gasteiger partial charge in [0.2, 0.25) is 5.95 Å². The molecule has 2 rings (SSSR count). The number of nitrogens with zero attached hydrogens (tertiary/aromatic N) is 6. The van der Waals surface area contributed by atoms with Crippen molar-refractivity contribution in [1.29, 1.82) is 0 Å². The first-order valence-corrected chi connectivity index (χ1v) is 3.68. The van der Waals surface area contributed by atoms with Crippen molar-refractivity contribution < 1.29 is 0 Å². The minimum Gasteiger partial charge on any atom is -0.220 e. The molecule has 0 saturated heterocycles. The van der Waals surface area contributed by atoms with Gasteiger partial charge in [0, 0.05) is 11.1 Å². The fraction of sp³-hybridized carbons (Fsp3) is 0.143. The monoisotopic (exact) mass is 174 g/mol. The van der Waals surface area contributed by atoms with E-state index in [0.29, 0.717) is 5.65 Å². The number of fused-ring (bicyclic) bond motifs is 1. The molecule has 0 aliphatic carbocycles. The van der Waals surface area contributed by atoms with E-state index in [1.165, 1.54) is 0 Å². The Labute approximate surface area is 73.5 Å². The zero-order valence-corrected chi connectivity index (χ0v) is 6.92. The smallest absolute Gasteiger partial charge is 0.220 e. The minimum absolute atomic E-state index is 0.146. The van der Waals surface area contributed by atoms with Gasteiger partial charge in [-0.2, -0.15) is 0 Å². The topological polar surface area (TPSA) is 79.0 Å². The van der Waals surface area contributed by atoms with Crippen LogP contribution in [0.15, 0.2) is 23.4 Å². The van der Waals surface area contributed by atoms with Gasteiger partial charge in [-0.25, -0.2) is 9.50 Å². The first-order chi connectivity index (χ1) is 6.29. The van der Waals surface area contributed by atoms with Gasteiger partial charge >= 0.3 is 0 Å². The Hall–Kier alpha value is -2.07. The van der Waals surface area contributed by atoms with Crippen molar-refractivity contribution in [3.05, 3.63) is 34.3 Å². The maximum atomic E-state index is 8.17. The molecule has 0 N–H and O–H groups in total. The van der Waals surface area contributed by atoms with Crippen molar-refractivity contribution in [1.82, 2.24) is 14.6 Å². The van der Waals surface area contributed by atoms with Crippen molar-refractivity contribution in [3.63, 3.8) is 0 Å². The summed E-state index contributed by atoms with van der Waals surface area (Å²) in [7, 11) is 0. The van der Waals surface area contributed by atoms with E-state index in [-0.39, 0.29) is 5.95 Å². The van der Waals surface area contributed by atoms with Gasteiger partial charge in [-0.05, 0) is 29.2 Å². The Bertz CT molecular complexity index is 493. The molecule has 0 aliphatic rings. The van der Waals surface area contributed by atoms with Gasteiger partial charge in [-0.3, -0.25) is 0 Å². The van der Waals surface area contributed by atoms with Gasteiger partial charge < -0.3 is 0 Å². The summed E-state index contributed by atoms with van der Waals surface area (Å²) in [4.78, 5) is 6.59. The molecule has 2 aromatic heterocycles. The molecule has 0 atom stereocenters. The van der Waals surface area contributed by atoms with Crippen LogP contribution in [0.25, 0.3) is 16.1 Å². The van der Waals surface area contributed by atoms with Crippen molar-refractivity contribution in [2.75, 3.05) is 0 Å². The Kier molecular flexibility index (Phi) is 1.61. The zero-order chi connectivity index (χ0) is 9.26. The highest BCUT2D eigenvalue weighted by Crippen LogP contribution is 2.09. The number of azide groups is 1. The molecule has 6 heteroatoms. The number of hydrogen-bond acceptors (Lipinski definition) is 3. The normalized spacial score (nSPS) is 9.92. The Morgan fingerprint density at radius 2 is 2.38 bits per heavy atom. The second-order valence-corrected chi connectivity index (χ2v) is 2.61. The van der Waals surface area contributed by atoms with Crippen LogP contribution in [-0.4, -0.2) is 14.6 Å². The number of pyridine rings is 1. The summed E-state index contributed by atoms with van der Waals surface area (Å²) in [6.07, 6.45) is 1.82. The molecule has 0 saturated carbocycles. The molecule has 13 heavy (non-hydrogen) atoms. The molecule has 0 fully saturated rings. The molecular formula is C7H6N6. The van der Waals surface area contributed by atoms with E-state index in [1.807, 2.05) is 25.3 Å². The quantitative estimate of drug-likeness (QED) is 0.376. The molecule has 64 valence electrons. The van der Waals surface area contributed by atoms with Crippen molar-refractivity contribution in [2.45, 2.75) is 6.92 Å². The number of aryl methyl sites for hydroxylation is 1. The van der Waals surface area contributed by atoms with Crippen LogP contribution in [0.2, 0.25) is 0 Å². The van der Waals surface area contributed by atoms with E-state index in [0.717, 1.165) is 5.56 Å². The Morgan fingerprint density at radius 3 is 3.15 bits per heavy atom. The maximum Gasteiger partial charge on any atom is 0.238 e. The summed E-state index contributed by atoms with van der Waals surface area (Å²) in [6, 6.07) is 3.74. The fourth-order valence-electron chi connectivity index (χ4n) is 1.06. The average molecular weight is 174 g/mol. The second-order valence-electron chi connectivity index (χ2n) is 2.61. The molecule has 0 aromatic carbocycles. The van der Waals surface area contributed by atoms with Gasteiger partial charge in [0.15, 0.2) is 5.65 Å². The summed E-state index contributed by atoms with van der Waals surface area (Å²) in [5.41, 5.74) is 9.92. The van der Waals surface area contributed by atoms with Crippen LogP contribution >= 0.6 is 0 Å². The van der Waals surface area contributed by atoms with Crippen LogP contribution in [0, 0.1) is 6.92 Å². The number of rotatable bonds is 1. The average Bonchev–Trinajstić information content (AvgIpc) is 2.46. The first-order valence-electron chi connectivity index (χ1n) is 3.68. The highest BCUT2D eigenvalue weighted by molar-refractivity contribution is 5.41. The molecule has 0 aliphatic heterocycles. The van der Waals surface area contributed by atoms with Crippen LogP contribution in [0.3, 0.4) is 0 Å². The summed E-state index contributed by atoms with van der Waals surface area (Å²) in [5, 5.41) is 7.26. The predicted octanol–water partition coefficient (Wildman–Crippen LogP) is 1.98. The molecule has 0 unspecified atom stereocenters. The Morgan fingerprint density at radius 1 is 1.54 bits per heavy atom. The molecule has 0 bridgehead atoms. The summed E-state index contributed by atoms with van der Waals surface area (Å²) < 4.78 is 1.58. The summed E-state index contributed by atoms with van der Waals surface area (Å²) in [6.45, 7) is 1.95. The van der Waals surface area contributed by atoms with Crippen LogP contribution in [0.1, 0.15) is 5.56 Å². The first kappa shape index (κ1) is 7.57. The molecule has 0 amide bonds. The summed E-state index contributed by atoms with van der Waals surface area (Å²) >= 11 is 0. The van der Waals surface area contributed by atoms with Crippen molar-refractivity contribution >= 4 is 11.6 Å². The third kappa shape index (κ3) is 1.30. The molecule has 0 spiro atoms. The van der Waals surface area contributed by atoms with E-state index in [1.54, 1.807) is 4.52 Å². The largest absolute Gasteiger partial charge is 0.238 e. The lowest BCUT2D eigenvalue weighted by Gasteiger charge is -1.91. The van der Waals surface area contributed by atoms with Crippen LogP contribution in [0.4, 0.5) is 5.95 Å². The highest BCUT2D eigenvalue weighted by Gasteiger charge is 1.99. The minimum atomic E-state index is 0.146. The molecule has 2 heterocycles. The molecular weight excluding hydrogens is 168 g/mol. The highest BCUT2D eigenvalue weighted by atomic mass is 15.4. The lowest BCUT2D eigenvalue weighted by Crippen LogP contribution is -1.86. The molecule has 6 nitrogen and oxygen atoms in total. The predicted molar refractivity (Wildman–Crippen MR) is 46.5 cm³/mol. The van der Waals surface area contributed by atoms with E-state index < -0.39 is 0 Å². The summed E-state index contributed by atoms with van der Waals surface area (Å²) in [5.74, 6) is 0.146. The lowest BCUT2D eigenvalue weighted by molar-refractivity contribution is 0.948. The lowest BCUT2D eigenvalue weighted by atomic mass is 10.3.